The Labute approximate surface area is 155 Å². The van der Waals surface area contributed by atoms with Gasteiger partial charge in [0.15, 0.2) is 6.61 Å². The standard InChI is InChI=1S/C18H17ClN2O5/c1-11-14(9-20)17(23)21(7-8-25-2)18(24)16(11)15(22)10-26-13-5-3-12(19)4-6-13/h3-6,24H,7-8,10H2,1-2H3. The maximum atomic E-state index is 12.6. The predicted molar refractivity (Wildman–Crippen MR) is 95.0 cm³/mol. The zero-order chi connectivity index (χ0) is 19.3. The Balaban J connectivity index is 2.37. The summed E-state index contributed by atoms with van der Waals surface area (Å²) >= 11 is 5.79. The lowest BCUT2D eigenvalue weighted by molar-refractivity contribution is 0.0915. The number of nitrogens with zero attached hydrogens (tertiary/aromatic N) is 2. The highest BCUT2D eigenvalue weighted by atomic mass is 35.5. The fourth-order valence-corrected chi connectivity index (χ4v) is 2.55. The molecule has 0 radical (unpaired) electrons. The Morgan fingerprint density at radius 3 is 2.58 bits per heavy atom. The summed E-state index contributed by atoms with van der Waals surface area (Å²) in [5.41, 5.74) is -0.872. The summed E-state index contributed by atoms with van der Waals surface area (Å²) in [4.78, 5) is 24.9. The molecule has 7 nitrogen and oxygen atoms in total. The van der Waals surface area contributed by atoms with Crippen molar-refractivity contribution in [1.82, 2.24) is 4.57 Å². The molecular formula is C18H17ClN2O5. The van der Waals surface area contributed by atoms with Crippen molar-refractivity contribution in [3.63, 3.8) is 0 Å². The van der Waals surface area contributed by atoms with Crippen LogP contribution >= 0.6 is 11.6 Å². The van der Waals surface area contributed by atoms with Gasteiger partial charge in [0.1, 0.15) is 17.4 Å². The molecule has 0 aliphatic heterocycles. The molecule has 0 bridgehead atoms. The highest BCUT2D eigenvalue weighted by Gasteiger charge is 2.24. The lowest BCUT2D eigenvalue weighted by Crippen LogP contribution is -2.29. The molecular weight excluding hydrogens is 360 g/mol. The van der Waals surface area contributed by atoms with Gasteiger partial charge in [-0.25, -0.2) is 0 Å². The van der Waals surface area contributed by atoms with Gasteiger partial charge >= 0.3 is 0 Å². The number of pyridine rings is 1. The molecule has 136 valence electrons. The van der Waals surface area contributed by atoms with Crippen LogP contribution in [0.3, 0.4) is 0 Å². The molecule has 0 fully saturated rings. The minimum atomic E-state index is -0.672. The molecule has 2 rings (SSSR count). The first kappa shape index (κ1) is 19.5. The molecule has 1 heterocycles. The quantitative estimate of drug-likeness (QED) is 0.744. The van der Waals surface area contributed by atoms with E-state index in [9.17, 15) is 20.0 Å². The lowest BCUT2D eigenvalue weighted by Gasteiger charge is -2.15. The highest BCUT2D eigenvalue weighted by molar-refractivity contribution is 6.30. The van der Waals surface area contributed by atoms with Gasteiger partial charge in [0.25, 0.3) is 5.56 Å². The van der Waals surface area contributed by atoms with Gasteiger partial charge in [0.05, 0.1) is 18.7 Å². The van der Waals surface area contributed by atoms with Crippen LogP contribution in [0.5, 0.6) is 11.6 Å². The SMILES string of the molecule is COCCn1c(O)c(C(=O)COc2ccc(Cl)cc2)c(C)c(C#N)c1=O. The van der Waals surface area contributed by atoms with Crippen molar-refractivity contribution >= 4 is 17.4 Å². The summed E-state index contributed by atoms with van der Waals surface area (Å²) in [5.74, 6) is -0.640. The number of Topliss-reactive ketones (excluding diaryl/α,β-unsaturated/α-hetero) is 1. The molecule has 0 unspecified atom stereocenters. The summed E-state index contributed by atoms with van der Waals surface area (Å²) in [5, 5.41) is 20.2. The van der Waals surface area contributed by atoms with Gasteiger partial charge in [-0.2, -0.15) is 5.26 Å². The number of ether oxygens (including phenoxy) is 2. The number of methoxy groups -OCH3 is 1. The lowest BCUT2D eigenvalue weighted by atomic mass is 10.0. The summed E-state index contributed by atoms with van der Waals surface area (Å²) in [7, 11) is 1.44. The van der Waals surface area contributed by atoms with Crippen molar-refractivity contribution in [1.29, 1.82) is 5.26 Å². The minimum absolute atomic E-state index is 0.00838. The molecule has 1 aromatic carbocycles. The average Bonchev–Trinajstić information content (AvgIpc) is 2.61. The molecule has 0 amide bonds. The van der Waals surface area contributed by atoms with Crippen molar-refractivity contribution in [2.75, 3.05) is 20.3 Å². The van der Waals surface area contributed by atoms with E-state index >= 15 is 0 Å². The number of benzene rings is 1. The van der Waals surface area contributed by atoms with Gasteiger partial charge in [-0.05, 0) is 36.8 Å². The number of carbonyl (C=O) groups is 1. The molecule has 2 aromatic rings. The Kier molecular flexibility index (Phi) is 6.39. The maximum Gasteiger partial charge on any atom is 0.271 e. The zero-order valence-corrected chi connectivity index (χ0v) is 15.0. The number of hydrogen-bond donors (Lipinski definition) is 1. The number of ketones is 1. The Bertz CT molecular complexity index is 913. The third-order valence-corrected chi connectivity index (χ3v) is 4.03. The molecule has 0 aliphatic rings. The third-order valence-electron chi connectivity index (χ3n) is 3.78. The number of rotatable bonds is 7. The monoisotopic (exact) mass is 376 g/mol. The van der Waals surface area contributed by atoms with Crippen molar-refractivity contribution < 1.29 is 19.4 Å². The number of halogens is 1. The van der Waals surface area contributed by atoms with E-state index in [0.29, 0.717) is 10.8 Å². The Morgan fingerprint density at radius 2 is 2.00 bits per heavy atom. The number of carbonyl (C=O) groups excluding carboxylic acids is 1. The first-order valence-corrected chi connectivity index (χ1v) is 8.05. The molecule has 26 heavy (non-hydrogen) atoms. The predicted octanol–water partition coefficient (Wildman–Crippen LogP) is 2.30. The fourth-order valence-electron chi connectivity index (χ4n) is 2.43. The second-order valence-corrected chi connectivity index (χ2v) is 5.86. The largest absolute Gasteiger partial charge is 0.494 e. The highest BCUT2D eigenvalue weighted by Crippen LogP contribution is 2.23. The van der Waals surface area contributed by atoms with Gasteiger partial charge < -0.3 is 14.6 Å². The van der Waals surface area contributed by atoms with Crippen LogP contribution in [-0.4, -0.2) is 35.8 Å². The topological polar surface area (TPSA) is 102 Å². The van der Waals surface area contributed by atoms with Crippen LogP contribution in [0, 0.1) is 18.3 Å². The van der Waals surface area contributed by atoms with Crippen LogP contribution < -0.4 is 10.3 Å². The van der Waals surface area contributed by atoms with E-state index in [1.165, 1.54) is 14.0 Å². The van der Waals surface area contributed by atoms with E-state index in [2.05, 4.69) is 0 Å². The average molecular weight is 377 g/mol. The van der Waals surface area contributed by atoms with E-state index in [0.717, 1.165) is 4.57 Å². The van der Waals surface area contributed by atoms with Crippen LogP contribution in [-0.2, 0) is 11.3 Å². The number of aromatic hydroxyl groups is 1. The summed E-state index contributed by atoms with van der Waals surface area (Å²) in [6.07, 6.45) is 0. The Hall–Kier alpha value is -2.82. The summed E-state index contributed by atoms with van der Waals surface area (Å²) in [6.45, 7) is 1.21. The van der Waals surface area contributed by atoms with Crippen LogP contribution in [0.25, 0.3) is 0 Å². The van der Waals surface area contributed by atoms with Crippen LogP contribution in [0.1, 0.15) is 21.5 Å². The van der Waals surface area contributed by atoms with Crippen molar-refractivity contribution in [3.05, 3.63) is 56.3 Å². The second kappa shape index (κ2) is 8.52. The van der Waals surface area contributed by atoms with Crippen molar-refractivity contribution in [3.8, 4) is 17.7 Å². The van der Waals surface area contributed by atoms with Crippen molar-refractivity contribution in [2.45, 2.75) is 13.5 Å². The number of nitriles is 1. The van der Waals surface area contributed by atoms with Gasteiger partial charge in [-0.1, -0.05) is 11.6 Å². The van der Waals surface area contributed by atoms with Crippen molar-refractivity contribution in [2.24, 2.45) is 0 Å². The molecule has 1 N–H and O–H groups in total. The van der Waals surface area contributed by atoms with Crippen LogP contribution in [0.15, 0.2) is 29.1 Å². The number of hydrogen-bond acceptors (Lipinski definition) is 6. The summed E-state index contributed by atoms with van der Waals surface area (Å²) in [6, 6.07) is 8.22. The van der Waals surface area contributed by atoms with Gasteiger partial charge in [-0.3, -0.25) is 14.2 Å². The molecule has 0 spiro atoms. The van der Waals surface area contributed by atoms with E-state index in [4.69, 9.17) is 21.1 Å². The van der Waals surface area contributed by atoms with Gasteiger partial charge in [0.2, 0.25) is 11.7 Å². The van der Waals surface area contributed by atoms with E-state index in [-0.39, 0.29) is 36.4 Å². The normalized spacial score (nSPS) is 10.4. The Morgan fingerprint density at radius 1 is 1.35 bits per heavy atom. The molecule has 8 heteroatoms. The summed E-state index contributed by atoms with van der Waals surface area (Å²) < 4.78 is 11.2. The molecule has 0 aliphatic carbocycles. The molecule has 0 atom stereocenters. The van der Waals surface area contributed by atoms with Gasteiger partial charge in [0, 0.05) is 12.1 Å². The maximum absolute atomic E-state index is 12.6. The minimum Gasteiger partial charge on any atom is -0.494 e. The van der Waals surface area contributed by atoms with E-state index < -0.39 is 17.2 Å². The van der Waals surface area contributed by atoms with E-state index in [1.807, 2.05) is 0 Å². The van der Waals surface area contributed by atoms with Gasteiger partial charge in [-0.15, -0.1) is 0 Å². The number of aromatic nitrogens is 1. The molecule has 0 saturated carbocycles. The van der Waals surface area contributed by atoms with E-state index in [1.54, 1.807) is 30.3 Å². The smallest absolute Gasteiger partial charge is 0.271 e. The first-order chi connectivity index (χ1) is 12.4. The van der Waals surface area contributed by atoms with Crippen LogP contribution in [0.2, 0.25) is 5.02 Å². The molecule has 0 saturated heterocycles. The fraction of sp³-hybridized carbons (Fsp3) is 0.278. The zero-order valence-electron chi connectivity index (χ0n) is 14.3. The third kappa shape index (κ3) is 4.04. The van der Waals surface area contributed by atoms with Crippen LogP contribution in [0.4, 0.5) is 0 Å². The second-order valence-electron chi connectivity index (χ2n) is 5.43. The molecule has 1 aromatic heterocycles. The first-order valence-electron chi connectivity index (χ1n) is 7.67.